The number of carbonyl (C=O) groups excluding carboxylic acids is 2. The first-order chi connectivity index (χ1) is 12.2. The Kier molecular flexibility index (Phi) is 5.86. The zero-order valence-electron chi connectivity index (χ0n) is 13.9. The SMILES string of the molecule is COC(=O)[C@]1(O)C[C@@H](O)[C@@H](O)[C@H](OC(=O)/C=C\c2ccc(O)c(O)c2)C1. The van der Waals surface area contributed by atoms with Crippen molar-refractivity contribution in [1.82, 2.24) is 0 Å². The first-order valence-corrected chi connectivity index (χ1v) is 7.74. The maximum atomic E-state index is 11.9. The van der Waals surface area contributed by atoms with E-state index in [1.54, 1.807) is 0 Å². The lowest BCUT2D eigenvalue weighted by Crippen LogP contribution is -2.57. The molecule has 0 saturated heterocycles. The Hall–Kier alpha value is -2.62. The van der Waals surface area contributed by atoms with E-state index in [1.807, 2.05) is 0 Å². The van der Waals surface area contributed by atoms with E-state index >= 15 is 0 Å². The molecule has 0 unspecified atom stereocenters. The zero-order valence-corrected chi connectivity index (χ0v) is 13.9. The van der Waals surface area contributed by atoms with E-state index in [2.05, 4.69) is 4.74 Å². The number of aromatic hydroxyl groups is 2. The molecular formula is C17H20O9. The highest BCUT2D eigenvalue weighted by molar-refractivity contribution is 5.87. The topological polar surface area (TPSA) is 154 Å². The molecule has 0 bridgehead atoms. The van der Waals surface area contributed by atoms with Crippen LogP contribution < -0.4 is 0 Å². The standard InChI is InChI=1S/C17H20O9/c1-25-16(23)17(24)7-12(20)15(22)13(8-17)26-14(21)5-3-9-2-4-10(18)11(19)6-9/h2-6,12-13,15,18-20,22,24H,7-8H2,1H3/b5-3-/t12-,13-,15-,17+/m1/s1. The van der Waals surface area contributed by atoms with Gasteiger partial charge in [0.1, 0.15) is 12.2 Å². The fraction of sp³-hybridized carbons (Fsp3) is 0.412. The number of esters is 2. The molecule has 0 heterocycles. The molecule has 1 fully saturated rings. The lowest BCUT2D eigenvalue weighted by molar-refractivity contribution is -0.198. The van der Waals surface area contributed by atoms with Crippen LogP contribution in [0.4, 0.5) is 0 Å². The number of methoxy groups -OCH3 is 1. The Morgan fingerprint density at radius 1 is 1.19 bits per heavy atom. The van der Waals surface area contributed by atoms with Crippen molar-refractivity contribution in [1.29, 1.82) is 0 Å². The Morgan fingerprint density at radius 2 is 1.88 bits per heavy atom. The molecule has 0 aromatic heterocycles. The molecule has 1 aliphatic carbocycles. The van der Waals surface area contributed by atoms with Crippen molar-refractivity contribution in [2.75, 3.05) is 7.11 Å². The third kappa shape index (κ3) is 4.31. The molecule has 1 saturated carbocycles. The van der Waals surface area contributed by atoms with Crippen LogP contribution in [0.25, 0.3) is 6.08 Å². The molecule has 0 amide bonds. The fourth-order valence-electron chi connectivity index (χ4n) is 2.72. The summed E-state index contributed by atoms with van der Waals surface area (Å²) < 4.78 is 9.50. The van der Waals surface area contributed by atoms with E-state index in [1.165, 1.54) is 24.3 Å². The molecule has 142 valence electrons. The average Bonchev–Trinajstić information content (AvgIpc) is 2.59. The Labute approximate surface area is 148 Å². The van der Waals surface area contributed by atoms with Crippen LogP contribution >= 0.6 is 0 Å². The molecule has 9 heteroatoms. The van der Waals surface area contributed by atoms with Gasteiger partial charge in [0.2, 0.25) is 0 Å². The molecule has 9 nitrogen and oxygen atoms in total. The maximum absolute atomic E-state index is 11.9. The molecule has 1 aliphatic rings. The van der Waals surface area contributed by atoms with Crippen molar-refractivity contribution in [3.63, 3.8) is 0 Å². The van der Waals surface area contributed by atoms with Crippen molar-refractivity contribution in [3.05, 3.63) is 29.8 Å². The molecule has 0 spiro atoms. The van der Waals surface area contributed by atoms with Gasteiger partial charge in [0.05, 0.1) is 13.2 Å². The Bertz CT molecular complexity index is 714. The van der Waals surface area contributed by atoms with Crippen LogP contribution in [0.5, 0.6) is 11.5 Å². The van der Waals surface area contributed by atoms with Crippen molar-refractivity contribution < 1.29 is 44.6 Å². The molecule has 26 heavy (non-hydrogen) atoms. The fourth-order valence-corrected chi connectivity index (χ4v) is 2.72. The highest BCUT2D eigenvalue weighted by Crippen LogP contribution is 2.32. The van der Waals surface area contributed by atoms with E-state index in [-0.39, 0.29) is 11.5 Å². The van der Waals surface area contributed by atoms with Crippen LogP contribution in [-0.2, 0) is 19.1 Å². The van der Waals surface area contributed by atoms with E-state index in [4.69, 9.17) is 4.74 Å². The molecule has 0 aliphatic heterocycles. The molecule has 5 N–H and O–H groups in total. The highest BCUT2D eigenvalue weighted by Gasteiger charge is 2.50. The number of ether oxygens (including phenoxy) is 2. The van der Waals surface area contributed by atoms with Gasteiger partial charge in [-0.25, -0.2) is 9.59 Å². The summed E-state index contributed by atoms with van der Waals surface area (Å²) in [6.45, 7) is 0. The predicted molar refractivity (Wildman–Crippen MR) is 86.9 cm³/mol. The molecule has 4 atom stereocenters. The number of carbonyl (C=O) groups is 2. The summed E-state index contributed by atoms with van der Waals surface area (Å²) in [4.78, 5) is 23.6. The van der Waals surface area contributed by atoms with Crippen molar-refractivity contribution >= 4 is 18.0 Å². The van der Waals surface area contributed by atoms with Crippen molar-refractivity contribution in [2.24, 2.45) is 0 Å². The van der Waals surface area contributed by atoms with Gasteiger partial charge in [-0.3, -0.25) is 0 Å². The van der Waals surface area contributed by atoms with E-state index in [0.717, 1.165) is 13.2 Å². The van der Waals surface area contributed by atoms with Crippen LogP contribution in [-0.4, -0.2) is 68.5 Å². The zero-order chi connectivity index (χ0) is 19.5. The van der Waals surface area contributed by atoms with Gasteiger partial charge in [-0.15, -0.1) is 0 Å². The summed E-state index contributed by atoms with van der Waals surface area (Å²) in [5, 5.41) is 48.7. The first-order valence-electron chi connectivity index (χ1n) is 7.74. The van der Waals surface area contributed by atoms with Crippen LogP contribution in [0.2, 0.25) is 0 Å². The summed E-state index contributed by atoms with van der Waals surface area (Å²) in [5.74, 6) is -2.58. The largest absolute Gasteiger partial charge is 0.504 e. The van der Waals surface area contributed by atoms with Gasteiger partial charge in [-0.1, -0.05) is 6.07 Å². The summed E-state index contributed by atoms with van der Waals surface area (Å²) in [7, 11) is 1.06. The van der Waals surface area contributed by atoms with Crippen molar-refractivity contribution in [2.45, 2.75) is 36.8 Å². The van der Waals surface area contributed by atoms with Crippen molar-refractivity contribution in [3.8, 4) is 11.5 Å². The summed E-state index contributed by atoms with van der Waals surface area (Å²) >= 11 is 0. The van der Waals surface area contributed by atoms with Gasteiger partial charge in [0, 0.05) is 18.9 Å². The van der Waals surface area contributed by atoms with E-state index < -0.39 is 48.7 Å². The maximum Gasteiger partial charge on any atom is 0.338 e. The lowest BCUT2D eigenvalue weighted by atomic mass is 9.79. The molecular weight excluding hydrogens is 348 g/mol. The van der Waals surface area contributed by atoms with E-state index in [9.17, 15) is 35.1 Å². The summed E-state index contributed by atoms with van der Waals surface area (Å²) in [6, 6.07) is 3.89. The summed E-state index contributed by atoms with van der Waals surface area (Å²) in [5.41, 5.74) is -1.68. The number of rotatable bonds is 4. The minimum absolute atomic E-state index is 0.314. The normalized spacial score (nSPS) is 28.7. The Morgan fingerprint density at radius 3 is 2.50 bits per heavy atom. The second-order valence-electron chi connectivity index (χ2n) is 6.05. The number of hydrogen-bond donors (Lipinski definition) is 5. The van der Waals surface area contributed by atoms with Crippen LogP contribution in [0, 0.1) is 0 Å². The second-order valence-corrected chi connectivity index (χ2v) is 6.05. The Balaban J connectivity index is 2.07. The first kappa shape index (κ1) is 19.7. The van der Waals surface area contributed by atoms with Gasteiger partial charge in [0.25, 0.3) is 0 Å². The second kappa shape index (κ2) is 7.73. The monoisotopic (exact) mass is 368 g/mol. The smallest absolute Gasteiger partial charge is 0.338 e. The molecule has 0 radical (unpaired) electrons. The number of phenolic OH excluding ortho intramolecular Hbond substituents is 2. The summed E-state index contributed by atoms with van der Waals surface area (Å²) in [6.07, 6.45) is -2.88. The molecule has 2 rings (SSSR count). The third-order valence-electron chi connectivity index (χ3n) is 4.11. The predicted octanol–water partition coefficient (Wildman–Crippen LogP) is -0.558. The van der Waals surface area contributed by atoms with Gasteiger partial charge in [0.15, 0.2) is 17.1 Å². The minimum atomic E-state index is -2.08. The quantitative estimate of drug-likeness (QED) is 0.267. The van der Waals surface area contributed by atoms with Gasteiger partial charge < -0.3 is 35.0 Å². The molecule has 1 aromatic carbocycles. The lowest BCUT2D eigenvalue weighted by Gasteiger charge is -2.39. The molecule has 1 aromatic rings. The number of hydrogen-bond acceptors (Lipinski definition) is 9. The van der Waals surface area contributed by atoms with E-state index in [0.29, 0.717) is 5.56 Å². The third-order valence-corrected chi connectivity index (χ3v) is 4.11. The average molecular weight is 368 g/mol. The minimum Gasteiger partial charge on any atom is -0.504 e. The van der Waals surface area contributed by atoms with Crippen LogP contribution in [0.1, 0.15) is 18.4 Å². The number of aliphatic hydroxyl groups excluding tert-OH is 2. The number of benzene rings is 1. The van der Waals surface area contributed by atoms with Gasteiger partial charge in [-0.05, 0) is 23.8 Å². The van der Waals surface area contributed by atoms with Crippen LogP contribution in [0.3, 0.4) is 0 Å². The highest BCUT2D eigenvalue weighted by atomic mass is 16.6. The number of aliphatic hydroxyl groups is 3. The van der Waals surface area contributed by atoms with Crippen LogP contribution in [0.15, 0.2) is 24.3 Å². The van der Waals surface area contributed by atoms with Gasteiger partial charge in [-0.2, -0.15) is 0 Å². The number of phenols is 2. The van der Waals surface area contributed by atoms with Gasteiger partial charge >= 0.3 is 11.9 Å².